The Morgan fingerprint density at radius 2 is 0.680 bits per heavy atom. The summed E-state index contributed by atoms with van der Waals surface area (Å²) in [6, 6.07) is 0. The van der Waals surface area contributed by atoms with E-state index in [1.54, 1.807) is 13.1 Å². The lowest BCUT2D eigenvalue weighted by atomic mass is 10.1. The molecule has 0 aliphatic rings. The summed E-state index contributed by atoms with van der Waals surface area (Å²) in [5.41, 5.74) is 0. The predicted molar refractivity (Wildman–Crippen MR) is 231 cm³/mol. The molecule has 0 atom stereocenters. The third-order valence-corrected chi connectivity index (χ3v) is 42.9. The summed E-state index contributed by atoms with van der Waals surface area (Å²) in [5, 5.41) is 0. The zero-order chi connectivity index (χ0) is 39.7. The SMILES string of the molecule is C=CCCCCCCOC[Si](C)(C)O[Si](C)(C)O[Si](C)(C)O[Si](C)(C)O[Si](C)(C)O[Si](C)(C)O[Si](C)(C)O[Si](C)(C)O[Si](C)(C)O[Si](C)(C)O. The van der Waals surface area contributed by atoms with Crippen LogP contribution in [0.25, 0.3) is 0 Å². The highest BCUT2D eigenvalue weighted by Gasteiger charge is 2.50. The van der Waals surface area contributed by atoms with Crippen molar-refractivity contribution >= 4 is 85.4 Å². The zero-order valence-corrected chi connectivity index (χ0v) is 45.8. The standard InChI is InChI=1S/C29H78O11Si10/c1-22-23-24-25-26-27-28-31-29-41(2,3)32-43(6,7)34-45(10,11)36-47(14,15)38-49(18,19)40-50(20,21)39-48(16,17)37-46(12,13)35-44(8,9)33-42(4,5)30/h22,30H,1,23-29H2,2-21H3. The molecule has 0 aliphatic heterocycles. The number of allylic oxidation sites excluding steroid dienone is 1. The molecule has 21 heteroatoms. The van der Waals surface area contributed by atoms with Crippen molar-refractivity contribution in [2.75, 3.05) is 12.8 Å². The van der Waals surface area contributed by atoms with Gasteiger partial charge in [0.15, 0.2) is 0 Å². The van der Waals surface area contributed by atoms with Crippen LogP contribution in [-0.4, -0.2) is 103 Å². The number of unbranched alkanes of at least 4 members (excludes halogenated alkanes) is 4. The largest absolute Gasteiger partial charge is 0.435 e. The number of rotatable bonds is 27. The van der Waals surface area contributed by atoms with Gasteiger partial charge in [0.2, 0.25) is 8.32 Å². The monoisotopic (exact) mass is 882 g/mol. The fourth-order valence-corrected chi connectivity index (χ4v) is 55.3. The smallest absolute Gasteiger partial charge is 0.320 e. The average molecular weight is 884 g/mol. The quantitative estimate of drug-likeness (QED) is 0.0484. The van der Waals surface area contributed by atoms with Gasteiger partial charge in [-0.3, -0.25) is 0 Å². The molecular formula is C29H78O11Si10. The lowest BCUT2D eigenvalue weighted by Gasteiger charge is -2.44. The highest BCUT2D eigenvalue weighted by molar-refractivity contribution is 6.93. The molecule has 0 saturated carbocycles. The van der Waals surface area contributed by atoms with Gasteiger partial charge in [-0.1, -0.05) is 18.9 Å². The summed E-state index contributed by atoms with van der Waals surface area (Å²) in [4.78, 5) is 10.3. The maximum absolute atomic E-state index is 10.3. The Labute approximate surface area is 318 Å². The molecule has 0 bridgehead atoms. The first kappa shape index (κ1) is 51.5. The lowest BCUT2D eigenvalue weighted by Crippen LogP contribution is -2.62. The Hall–Kier alpha value is 1.47. The van der Waals surface area contributed by atoms with Crippen LogP contribution in [0.15, 0.2) is 12.7 Å². The molecule has 0 aromatic heterocycles. The van der Waals surface area contributed by atoms with Crippen LogP contribution in [0.3, 0.4) is 0 Å². The third kappa shape index (κ3) is 26.3. The summed E-state index contributed by atoms with van der Waals surface area (Å²) < 4.78 is 65.6. The van der Waals surface area contributed by atoms with Crippen molar-refractivity contribution in [2.45, 2.75) is 163 Å². The number of hydrogen-bond donors (Lipinski definition) is 1. The minimum Gasteiger partial charge on any atom is -0.435 e. The van der Waals surface area contributed by atoms with Gasteiger partial charge in [-0.2, -0.15) is 0 Å². The summed E-state index contributed by atoms with van der Waals surface area (Å²) in [5.74, 6) is 0. The van der Waals surface area contributed by atoms with Crippen molar-refractivity contribution in [1.29, 1.82) is 0 Å². The van der Waals surface area contributed by atoms with Crippen LogP contribution in [0.1, 0.15) is 32.1 Å². The maximum Gasteiger partial charge on any atom is 0.320 e. The van der Waals surface area contributed by atoms with Crippen LogP contribution in [-0.2, 0) is 41.8 Å². The first-order valence-electron chi connectivity index (χ1n) is 18.1. The van der Waals surface area contributed by atoms with Gasteiger partial charge in [-0.05, 0) is 150 Å². The molecule has 50 heavy (non-hydrogen) atoms. The van der Waals surface area contributed by atoms with E-state index in [4.69, 9.17) is 41.8 Å². The van der Waals surface area contributed by atoms with Crippen LogP contribution in [0.5, 0.6) is 0 Å². The van der Waals surface area contributed by atoms with E-state index >= 15 is 0 Å². The molecule has 0 heterocycles. The summed E-state index contributed by atoms with van der Waals surface area (Å²) >= 11 is 0. The van der Waals surface area contributed by atoms with Crippen molar-refractivity contribution in [1.82, 2.24) is 0 Å². The Balaban J connectivity index is 5.27. The first-order valence-corrected chi connectivity index (χ1v) is 46.6. The lowest BCUT2D eigenvalue weighted by molar-refractivity contribution is 0.157. The summed E-state index contributed by atoms with van der Waals surface area (Å²) in [6.45, 7) is 45.1. The third-order valence-electron chi connectivity index (χ3n) is 6.36. The maximum atomic E-state index is 10.3. The molecule has 0 amide bonds. The normalized spacial score (nSPS) is 15.1. The molecule has 0 spiro atoms. The van der Waals surface area contributed by atoms with Gasteiger partial charge in [0.05, 0.1) is 6.23 Å². The second-order valence-electron chi connectivity index (χ2n) is 17.9. The van der Waals surface area contributed by atoms with Crippen LogP contribution in [0.2, 0.25) is 131 Å². The molecular weight excluding hydrogens is 805 g/mol. The fourth-order valence-electron chi connectivity index (χ4n) is 6.77. The van der Waals surface area contributed by atoms with Gasteiger partial charge in [0.1, 0.15) is 0 Å². The fraction of sp³-hybridized carbons (Fsp3) is 0.931. The second kappa shape index (κ2) is 19.6. The summed E-state index contributed by atoms with van der Waals surface area (Å²) in [7, 11) is -26.1. The van der Waals surface area contributed by atoms with Crippen molar-refractivity contribution in [3.8, 4) is 0 Å². The molecule has 11 nitrogen and oxygen atoms in total. The van der Waals surface area contributed by atoms with Crippen molar-refractivity contribution < 1.29 is 46.6 Å². The van der Waals surface area contributed by atoms with Crippen LogP contribution in [0, 0.1) is 0 Å². The van der Waals surface area contributed by atoms with Crippen molar-refractivity contribution in [3.63, 3.8) is 0 Å². The van der Waals surface area contributed by atoms with E-state index < -0.39 is 85.4 Å². The van der Waals surface area contributed by atoms with Crippen LogP contribution in [0.4, 0.5) is 0 Å². The van der Waals surface area contributed by atoms with Gasteiger partial charge in [0.25, 0.3) is 0 Å². The zero-order valence-electron chi connectivity index (χ0n) is 35.8. The second-order valence-corrected chi connectivity index (χ2v) is 54.3. The van der Waals surface area contributed by atoms with E-state index in [0.717, 1.165) is 19.4 Å². The van der Waals surface area contributed by atoms with E-state index in [1.165, 1.54) is 19.3 Å². The molecule has 0 aromatic rings. The van der Waals surface area contributed by atoms with Gasteiger partial charge in [0, 0.05) is 6.61 Å². The molecule has 0 radical (unpaired) electrons. The highest BCUT2D eigenvalue weighted by atomic mass is 28.5. The first-order chi connectivity index (χ1) is 21.9. The Morgan fingerprint density at radius 1 is 0.400 bits per heavy atom. The van der Waals surface area contributed by atoms with Gasteiger partial charge in [-0.15, -0.1) is 6.58 Å². The van der Waals surface area contributed by atoms with E-state index in [2.05, 4.69) is 72.0 Å². The molecule has 1 N–H and O–H groups in total. The topological polar surface area (TPSA) is 113 Å². The molecule has 0 unspecified atom stereocenters. The molecule has 0 aromatic carbocycles. The summed E-state index contributed by atoms with van der Waals surface area (Å²) in [6.07, 6.45) is 8.40. The van der Waals surface area contributed by atoms with E-state index in [-0.39, 0.29) is 0 Å². The molecule has 300 valence electrons. The van der Waals surface area contributed by atoms with Gasteiger partial charge in [-0.25, -0.2) is 0 Å². The highest BCUT2D eigenvalue weighted by Crippen LogP contribution is 2.30. The van der Waals surface area contributed by atoms with Crippen molar-refractivity contribution in [3.05, 3.63) is 12.7 Å². The van der Waals surface area contributed by atoms with E-state index in [9.17, 15) is 4.80 Å². The van der Waals surface area contributed by atoms with Gasteiger partial charge < -0.3 is 46.6 Å². The molecule has 0 saturated heterocycles. The minimum absolute atomic E-state index is 0.652. The van der Waals surface area contributed by atoms with E-state index in [0.29, 0.717) is 6.23 Å². The Kier molecular flexibility index (Phi) is 20.1. The number of ether oxygens (including phenoxy) is 1. The predicted octanol–water partition coefficient (Wildman–Crippen LogP) is 9.34. The number of hydrogen-bond acceptors (Lipinski definition) is 11. The Morgan fingerprint density at radius 3 is 0.980 bits per heavy atom. The van der Waals surface area contributed by atoms with Gasteiger partial charge >= 0.3 is 77.0 Å². The average Bonchev–Trinajstić information content (AvgIpc) is 2.71. The minimum atomic E-state index is -2.74. The van der Waals surface area contributed by atoms with Crippen molar-refractivity contribution in [2.24, 2.45) is 0 Å². The molecule has 0 fully saturated rings. The molecule has 0 rings (SSSR count). The van der Waals surface area contributed by atoms with E-state index in [1.807, 2.05) is 58.5 Å². The Bertz CT molecular complexity index is 1030. The van der Waals surface area contributed by atoms with Crippen LogP contribution < -0.4 is 0 Å². The molecule has 0 aliphatic carbocycles. The van der Waals surface area contributed by atoms with Crippen LogP contribution >= 0.6 is 0 Å².